The summed E-state index contributed by atoms with van der Waals surface area (Å²) in [5.41, 5.74) is 45.8. The van der Waals surface area contributed by atoms with Crippen molar-refractivity contribution in [2.45, 2.75) is 25.7 Å². The van der Waals surface area contributed by atoms with Crippen molar-refractivity contribution in [3.8, 4) is 68.9 Å². The minimum atomic E-state index is -1.39. The predicted molar refractivity (Wildman–Crippen MR) is 477 cm³/mol. The fourth-order valence-corrected chi connectivity index (χ4v) is 12.7. The van der Waals surface area contributed by atoms with Crippen LogP contribution < -0.4 is 79.4 Å². The molecule has 0 spiro atoms. The van der Waals surface area contributed by atoms with E-state index in [1.807, 2.05) is 6.07 Å². The third-order valence-corrected chi connectivity index (χ3v) is 19.4. The highest BCUT2D eigenvalue weighted by Gasteiger charge is 2.34. The monoisotopic (exact) mass is 1930 g/mol. The number of hydrogen-bond acceptors (Lipinski definition) is 36. The van der Waals surface area contributed by atoms with E-state index in [-0.39, 0.29) is 119 Å². The number of nitrogens with one attached hydrogen (secondary N) is 3. The number of imidazole rings is 1. The Morgan fingerprint density at radius 2 is 0.746 bits per heavy atom. The minimum absolute atomic E-state index is 0.0102. The minimum Gasteiger partial charge on any atom is -0.494 e. The molecule has 0 aliphatic carbocycles. The number of methoxy groups -OCH3 is 7. The molecule has 0 saturated carbocycles. The Hall–Kier alpha value is -17.2. The Morgan fingerprint density at radius 3 is 1.13 bits per heavy atom. The third kappa shape index (κ3) is 24.4. The maximum Gasteiger partial charge on any atom is 0.341 e. The number of aromatic carboxylic acids is 1. The number of nitro benzene ring substituents is 4. The van der Waals surface area contributed by atoms with Crippen molar-refractivity contribution in [3.05, 3.63) is 286 Å². The van der Waals surface area contributed by atoms with Gasteiger partial charge in [0.2, 0.25) is 46.6 Å². The highest BCUT2D eigenvalue weighted by atomic mass is 35.5. The van der Waals surface area contributed by atoms with Crippen LogP contribution in [0, 0.1) is 63.7 Å². The summed E-state index contributed by atoms with van der Waals surface area (Å²) in [5, 5.41) is 76.2. The van der Waals surface area contributed by atoms with E-state index in [4.69, 9.17) is 129 Å². The van der Waals surface area contributed by atoms with Gasteiger partial charge in [-0.25, -0.2) is 32.1 Å². The lowest BCUT2D eigenvalue weighted by atomic mass is 10.1. The van der Waals surface area contributed by atoms with E-state index in [0.717, 1.165) is 61.7 Å². The Labute approximate surface area is 770 Å². The van der Waals surface area contributed by atoms with Crippen LogP contribution >= 0.6 is 46.4 Å². The number of esters is 1. The van der Waals surface area contributed by atoms with Crippen molar-refractivity contribution in [3.63, 3.8) is 0 Å². The standard InChI is InChI=1S/C17H14FN5O2.C16H14ClFN4O5.C16H12ClFN4O4.C16H15FN4O2.C9H9ClN2O5.C8H7ClN2O5/c1-24-15-11(6-7-12-14(15)21-17(19)20-12)16-23-22-13(25-16)8-9-2-4-10(18)5-3-9;1-27-15-10(7-11(17)13(19)14(15)22(25)26)16(24)21-20-12(23)6-8-2-4-9(18)5-3-8;1-25-15-10(7-11(17)13(19)14(15)22(23)24)16-21-20-12(26-16)6-8-2-4-9(18)5-3-8;1-22-15-11(6-7-12(18)14(15)19)16-21-20-13(23-16)8-9-2-4-10(17)5-3-9;1-16-8-4(9(13)17-2)3-5(10)6(11)7(8)12(14)15;1-16-7-3(8(12)13)2-4(9)5(10)6(7)11(14)15/h2-7H,8H2,1H3,(H3,19,20,21);2-5,7H,6,19H2,1H3,(H,20,23)(H,21,24);2-5,7H,6,19H2,1H3;2-7H,8,18-19H2,1H3;3H,11H2,1-2H3;2H,10H2,1H3,(H,12,13). The number of hydrazine groups is 1. The Balaban J connectivity index is 0.000000182. The number of aromatic amines is 1. The molecule has 0 bridgehead atoms. The number of carbonyl (C=O) groups is 4. The van der Waals surface area contributed by atoms with Gasteiger partial charge in [-0.2, -0.15) is 0 Å². The quantitative estimate of drug-likeness (QED) is 0.00880. The molecule has 0 unspecified atom stereocenters. The van der Waals surface area contributed by atoms with Crippen LogP contribution in [-0.2, 0) is 35.2 Å². The van der Waals surface area contributed by atoms with Crippen LogP contribution in [0.15, 0.2) is 159 Å². The Kier molecular flexibility index (Phi) is 33.9. The second-order valence-electron chi connectivity index (χ2n) is 26.7. The summed E-state index contributed by atoms with van der Waals surface area (Å²) in [7, 11) is 8.85. The first-order valence-corrected chi connectivity index (χ1v) is 38.8. The van der Waals surface area contributed by atoms with E-state index in [1.165, 1.54) is 88.1 Å². The average Bonchev–Trinajstić information content (AvgIpc) is 1.76. The molecule has 44 nitrogen and oxygen atoms in total. The van der Waals surface area contributed by atoms with E-state index < -0.39 is 89.1 Å². The van der Waals surface area contributed by atoms with Gasteiger partial charge >= 0.3 is 34.7 Å². The smallest absolute Gasteiger partial charge is 0.341 e. The topological polar surface area (TPSA) is 677 Å². The number of nitro groups is 4. The number of nitrogens with two attached hydrogens (primary N) is 7. The number of fused-ring (bicyclic) bond motifs is 1. The molecule has 0 radical (unpaired) electrons. The summed E-state index contributed by atoms with van der Waals surface area (Å²) in [4.78, 5) is 94.5. The van der Waals surface area contributed by atoms with Gasteiger partial charge in [-0.05, 0) is 119 Å². The van der Waals surface area contributed by atoms with Crippen LogP contribution in [0.2, 0.25) is 20.1 Å². The van der Waals surface area contributed by atoms with Crippen LogP contribution in [0.5, 0.6) is 34.5 Å². The molecular weight excluding hydrogens is 1860 g/mol. The fraction of sp³-hybridized carbons (Fsp3) is 0.134. The molecule has 18 N–H and O–H groups in total. The van der Waals surface area contributed by atoms with Crippen LogP contribution in [0.25, 0.3) is 45.4 Å². The number of nitrogen functional groups attached to an aromatic ring is 7. The first-order valence-electron chi connectivity index (χ1n) is 37.3. The van der Waals surface area contributed by atoms with Gasteiger partial charge < -0.3 is 96.6 Å². The Bertz CT molecular complexity index is 6740. The first kappa shape index (κ1) is 101. The molecule has 0 saturated heterocycles. The van der Waals surface area contributed by atoms with Gasteiger partial charge in [0.25, 0.3) is 23.6 Å². The number of H-pyrrole nitrogens is 1. The van der Waals surface area contributed by atoms with Crippen molar-refractivity contribution in [2.24, 2.45) is 0 Å². The second-order valence-corrected chi connectivity index (χ2v) is 28.3. The van der Waals surface area contributed by atoms with Crippen molar-refractivity contribution in [1.29, 1.82) is 0 Å². The number of nitrogens with zero attached hydrogens (tertiary/aromatic N) is 11. The maximum absolute atomic E-state index is 13.0. The molecule has 4 aromatic heterocycles. The van der Waals surface area contributed by atoms with Gasteiger partial charge in [-0.3, -0.25) is 60.9 Å². The summed E-state index contributed by atoms with van der Waals surface area (Å²) < 4.78 is 103. The van der Waals surface area contributed by atoms with Gasteiger partial charge in [-0.1, -0.05) is 94.9 Å². The van der Waals surface area contributed by atoms with E-state index in [9.17, 15) is 77.2 Å². The first-order chi connectivity index (χ1) is 63.7. The number of aromatic nitrogens is 8. The van der Waals surface area contributed by atoms with Crippen LogP contribution in [0.1, 0.15) is 71.0 Å². The highest BCUT2D eigenvalue weighted by Crippen LogP contribution is 2.48. The number of amides is 2. The van der Waals surface area contributed by atoms with E-state index in [0.29, 0.717) is 81.5 Å². The number of rotatable bonds is 24. The second kappa shape index (κ2) is 45.2. The predicted octanol–water partition coefficient (Wildman–Crippen LogP) is 14.3. The zero-order valence-corrected chi connectivity index (χ0v) is 73.1. The molecule has 698 valence electrons. The molecule has 10 aromatic carbocycles. The highest BCUT2D eigenvalue weighted by molar-refractivity contribution is 6.35. The van der Waals surface area contributed by atoms with Gasteiger partial charge in [-0.15, -0.1) is 30.6 Å². The van der Waals surface area contributed by atoms with Crippen LogP contribution in [-0.4, -0.2) is 139 Å². The largest absolute Gasteiger partial charge is 0.494 e. The number of ether oxygens (including phenoxy) is 7. The van der Waals surface area contributed by atoms with Crippen molar-refractivity contribution >= 4 is 144 Å². The third-order valence-electron chi connectivity index (χ3n) is 18.2. The molecule has 0 atom stereocenters. The summed E-state index contributed by atoms with van der Waals surface area (Å²) in [6, 6.07) is 34.9. The molecule has 0 aliphatic heterocycles. The lowest BCUT2D eigenvalue weighted by Crippen LogP contribution is -2.42. The van der Waals surface area contributed by atoms with E-state index in [2.05, 4.69) is 60.9 Å². The average molecular weight is 1940 g/mol. The fourth-order valence-electron chi connectivity index (χ4n) is 11.9. The molecule has 0 fully saturated rings. The van der Waals surface area contributed by atoms with Gasteiger partial charge in [0.15, 0.2) is 17.4 Å². The Morgan fingerprint density at radius 1 is 0.410 bits per heavy atom. The summed E-state index contributed by atoms with van der Waals surface area (Å²) in [6.45, 7) is 0. The number of halogens is 8. The molecule has 134 heavy (non-hydrogen) atoms. The number of anilines is 7. The molecule has 0 aliphatic rings. The molecule has 2 amide bonds. The summed E-state index contributed by atoms with van der Waals surface area (Å²) in [6.07, 6.45) is 0.952. The normalized spacial score (nSPS) is 10.5. The van der Waals surface area contributed by atoms with Crippen LogP contribution in [0.3, 0.4) is 0 Å². The molecule has 14 aromatic rings. The maximum atomic E-state index is 13.0. The van der Waals surface area contributed by atoms with Crippen molar-refractivity contribution in [1.82, 2.24) is 51.4 Å². The van der Waals surface area contributed by atoms with E-state index in [1.54, 1.807) is 61.7 Å². The number of hydrogen-bond donors (Lipinski definition) is 11. The molecule has 52 heteroatoms. The number of carboxylic acids is 1. The number of carbonyl (C=O) groups excluding carboxylic acids is 3. The SMILES string of the molecule is COC(=O)c1cc(Cl)c(N)c([N+](=O)[O-])c1OC.COc1c(-c2nnc(Cc3ccc(F)cc3)o2)cc(Cl)c(N)c1[N+](=O)[O-].COc1c(-c2nnc(Cc3ccc(F)cc3)o2)ccc(N)c1N.COc1c(-c2nnc(Cc3ccc(F)cc3)o2)ccc2[nH]c(N)nc12.COc1c(C(=O)NNC(=O)Cc2ccc(F)cc2)cc(Cl)c(N)c1[N+](=O)[O-].COc1c(C(=O)O)cc(Cl)c(N)c1[N+](=O)[O-]. The lowest BCUT2D eigenvalue weighted by Gasteiger charge is -2.12. The van der Waals surface area contributed by atoms with Gasteiger partial charge in [0.1, 0.15) is 62.7 Å². The molecule has 4 heterocycles. The number of benzene rings is 10. The van der Waals surface area contributed by atoms with E-state index >= 15 is 0 Å². The molecule has 14 rings (SSSR count). The van der Waals surface area contributed by atoms with Crippen LogP contribution in [0.4, 0.5) is 80.4 Å². The summed E-state index contributed by atoms with van der Waals surface area (Å²) in [5.74, 6) is -3.42. The van der Waals surface area contributed by atoms with Crippen molar-refractivity contribution in [2.75, 3.05) is 89.9 Å². The number of carboxylic acid groups (broad SMARTS) is 1. The van der Waals surface area contributed by atoms with Gasteiger partial charge in [0.05, 0.1) is 154 Å². The zero-order chi connectivity index (χ0) is 98.4. The lowest BCUT2D eigenvalue weighted by molar-refractivity contribution is -0.384. The van der Waals surface area contributed by atoms with Gasteiger partial charge in [0, 0.05) is 0 Å². The van der Waals surface area contributed by atoms with Crippen molar-refractivity contribution < 1.29 is 108 Å². The zero-order valence-electron chi connectivity index (χ0n) is 70.1. The molecular formula is C82H71Cl4F4N21O23. The summed E-state index contributed by atoms with van der Waals surface area (Å²) >= 11 is 23.1.